The maximum atomic E-state index is 13.6. The van der Waals surface area contributed by atoms with Gasteiger partial charge in [-0.05, 0) is 53.1 Å². The van der Waals surface area contributed by atoms with Crippen molar-refractivity contribution in [1.82, 2.24) is 0 Å². The number of anilines is 1. The van der Waals surface area contributed by atoms with E-state index in [9.17, 15) is 8.78 Å². The largest absolute Gasteiger partial charge is 0.380 e. The maximum absolute atomic E-state index is 13.6. The van der Waals surface area contributed by atoms with Crippen molar-refractivity contribution in [3.8, 4) is 0 Å². The Labute approximate surface area is 115 Å². The molecule has 0 spiro atoms. The Bertz CT molecular complexity index is 436. The second-order valence-corrected chi connectivity index (χ2v) is 6.68. The average molecular weight is 318 g/mol. The molecule has 1 fully saturated rings. The summed E-state index contributed by atoms with van der Waals surface area (Å²) in [6.45, 7) is 4.52. The zero-order valence-corrected chi connectivity index (χ0v) is 12.3. The third-order valence-corrected chi connectivity index (χ3v) is 4.32. The summed E-state index contributed by atoms with van der Waals surface area (Å²) < 4.78 is 27.0. The molecule has 0 heterocycles. The number of hydrogen-bond acceptors (Lipinski definition) is 1. The molecule has 0 aliphatic heterocycles. The van der Waals surface area contributed by atoms with Crippen LogP contribution in [0.1, 0.15) is 39.5 Å². The van der Waals surface area contributed by atoms with Gasteiger partial charge in [0.15, 0.2) is 0 Å². The predicted octanol–water partition coefficient (Wildman–Crippen LogP) is 5.11. The van der Waals surface area contributed by atoms with Crippen molar-refractivity contribution in [3.05, 3.63) is 28.2 Å². The third kappa shape index (κ3) is 3.22. The van der Waals surface area contributed by atoms with Crippen molar-refractivity contribution in [2.45, 2.75) is 45.6 Å². The van der Waals surface area contributed by atoms with Crippen LogP contribution in [0.2, 0.25) is 0 Å². The molecule has 4 heteroatoms. The molecule has 1 aliphatic carbocycles. The molecule has 2 rings (SSSR count). The van der Waals surface area contributed by atoms with Gasteiger partial charge in [0.25, 0.3) is 0 Å². The molecule has 0 bridgehead atoms. The molecule has 18 heavy (non-hydrogen) atoms. The maximum Gasteiger partial charge on any atom is 0.149 e. The topological polar surface area (TPSA) is 12.0 Å². The van der Waals surface area contributed by atoms with Crippen LogP contribution in [0.5, 0.6) is 0 Å². The molecule has 0 atom stereocenters. The third-order valence-electron chi connectivity index (χ3n) is 3.71. The van der Waals surface area contributed by atoms with E-state index in [1.54, 1.807) is 0 Å². The van der Waals surface area contributed by atoms with E-state index in [0.717, 1.165) is 31.7 Å². The van der Waals surface area contributed by atoms with Gasteiger partial charge in [-0.25, -0.2) is 8.78 Å². The van der Waals surface area contributed by atoms with Crippen LogP contribution < -0.4 is 5.32 Å². The Kier molecular flexibility index (Phi) is 3.95. The Morgan fingerprint density at radius 2 is 1.78 bits per heavy atom. The van der Waals surface area contributed by atoms with E-state index in [0.29, 0.717) is 15.6 Å². The lowest BCUT2D eigenvalue weighted by Crippen LogP contribution is -2.30. The smallest absolute Gasteiger partial charge is 0.149 e. The fourth-order valence-corrected chi connectivity index (χ4v) is 2.74. The average Bonchev–Trinajstić information content (AvgIpc) is 2.28. The molecule has 0 unspecified atom stereocenters. The van der Waals surface area contributed by atoms with Crippen molar-refractivity contribution in [1.29, 1.82) is 0 Å². The summed E-state index contributed by atoms with van der Waals surface area (Å²) in [6.07, 6.45) is 4.33. The Morgan fingerprint density at radius 3 is 2.39 bits per heavy atom. The molecule has 0 saturated heterocycles. The van der Waals surface area contributed by atoms with Gasteiger partial charge < -0.3 is 5.32 Å². The molecule has 0 amide bonds. The summed E-state index contributed by atoms with van der Waals surface area (Å²) in [6, 6.07) is 2.67. The summed E-state index contributed by atoms with van der Waals surface area (Å²) >= 11 is 3.08. The number of rotatable bonds is 2. The number of benzene rings is 1. The fraction of sp³-hybridized carbons (Fsp3) is 0.571. The van der Waals surface area contributed by atoms with Gasteiger partial charge in [-0.1, -0.05) is 13.8 Å². The molecule has 0 aromatic heterocycles. The standard InChI is InChI=1S/C14H18BrF2N/c1-14(2)5-3-9(4-6-14)18-13-7-10(15)11(16)8-12(13)17/h7-9,18H,3-6H2,1-2H3. The molecule has 1 aromatic rings. The molecule has 0 radical (unpaired) electrons. The molecule has 1 aliphatic rings. The van der Waals surface area contributed by atoms with Gasteiger partial charge in [0.05, 0.1) is 10.2 Å². The van der Waals surface area contributed by atoms with Gasteiger partial charge in [0, 0.05) is 12.1 Å². The van der Waals surface area contributed by atoms with Gasteiger partial charge in [0.1, 0.15) is 11.6 Å². The van der Waals surface area contributed by atoms with Crippen LogP contribution in [0, 0.1) is 17.0 Å². The van der Waals surface area contributed by atoms with E-state index in [2.05, 4.69) is 35.1 Å². The van der Waals surface area contributed by atoms with Crippen molar-refractivity contribution in [2.24, 2.45) is 5.41 Å². The van der Waals surface area contributed by atoms with Crippen LogP contribution >= 0.6 is 15.9 Å². The van der Waals surface area contributed by atoms with Crippen LogP contribution in [0.25, 0.3) is 0 Å². The molecule has 1 saturated carbocycles. The van der Waals surface area contributed by atoms with Gasteiger partial charge in [0.2, 0.25) is 0 Å². The van der Waals surface area contributed by atoms with Gasteiger partial charge in [-0.3, -0.25) is 0 Å². The normalized spacial score (nSPS) is 19.8. The fourth-order valence-electron chi connectivity index (χ4n) is 2.40. The first-order chi connectivity index (χ1) is 8.37. The monoisotopic (exact) mass is 317 g/mol. The summed E-state index contributed by atoms with van der Waals surface area (Å²) in [5.41, 5.74) is 0.771. The van der Waals surface area contributed by atoms with Crippen LogP contribution in [0.4, 0.5) is 14.5 Å². The predicted molar refractivity (Wildman–Crippen MR) is 73.7 cm³/mol. The zero-order valence-electron chi connectivity index (χ0n) is 10.7. The summed E-state index contributed by atoms with van der Waals surface area (Å²) in [5.74, 6) is -1.09. The molecule has 100 valence electrons. The molecule has 1 nitrogen and oxygen atoms in total. The SMILES string of the molecule is CC1(C)CCC(Nc2cc(Br)c(F)cc2F)CC1. The van der Waals surface area contributed by atoms with E-state index < -0.39 is 11.6 Å². The van der Waals surface area contributed by atoms with Crippen LogP contribution in [-0.2, 0) is 0 Å². The summed E-state index contributed by atoms with van der Waals surface area (Å²) in [7, 11) is 0. The molecule has 1 aromatic carbocycles. The van der Waals surface area contributed by atoms with Gasteiger partial charge in [-0.2, -0.15) is 0 Å². The Hall–Kier alpha value is -0.640. The number of nitrogens with one attached hydrogen (secondary N) is 1. The number of halogens is 3. The molecular formula is C14H18BrF2N. The van der Waals surface area contributed by atoms with Crippen molar-refractivity contribution in [2.75, 3.05) is 5.32 Å². The van der Waals surface area contributed by atoms with E-state index in [-0.39, 0.29) is 6.04 Å². The summed E-state index contributed by atoms with van der Waals surface area (Å²) in [4.78, 5) is 0. The van der Waals surface area contributed by atoms with E-state index >= 15 is 0 Å². The second-order valence-electron chi connectivity index (χ2n) is 5.83. The highest BCUT2D eigenvalue weighted by Crippen LogP contribution is 2.36. The van der Waals surface area contributed by atoms with E-state index in [1.165, 1.54) is 6.07 Å². The molecule has 1 N–H and O–H groups in total. The highest BCUT2D eigenvalue weighted by molar-refractivity contribution is 9.10. The van der Waals surface area contributed by atoms with Crippen LogP contribution in [0.3, 0.4) is 0 Å². The lowest BCUT2D eigenvalue weighted by atomic mass is 9.75. The van der Waals surface area contributed by atoms with Crippen molar-refractivity contribution in [3.63, 3.8) is 0 Å². The number of hydrogen-bond donors (Lipinski definition) is 1. The lowest BCUT2D eigenvalue weighted by molar-refractivity contribution is 0.232. The highest BCUT2D eigenvalue weighted by atomic mass is 79.9. The first-order valence-electron chi connectivity index (χ1n) is 6.28. The minimum Gasteiger partial charge on any atom is -0.380 e. The highest BCUT2D eigenvalue weighted by Gasteiger charge is 2.27. The van der Waals surface area contributed by atoms with Gasteiger partial charge in [-0.15, -0.1) is 0 Å². The van der Waals surface area contributed by atoms with E-state index in [1.807, 2.05) is 0 Å². The quantitative estimate of drug-likeness (QED) is 0.747. The van der Waals surface area contributed by atoms with Gasteiger partial charge >= 0.3 is 0 Å². The Balaban J connectivity index is 2.04. The first-order valence-corrected chi connectivity index (χ1v) is 7.08. The lowest BCUT2D eigenvalue weighted by Gasteiger charge is -2.35. The van der Waals surface area contributed by atoms with Crippen LogP contribution in [-0.4, -0.2) is 6.04 Å². The van der Waals surface area contributed by atoms with Crippen molar-refractivity contribution < 1.29 is 8.78 Å². The second kappa shape index (κ2) is 5.16. The van der Waals surface area contributed by atoms with Crippen molar-refractivity contribution >= 4 is 21.6 Å². The minimum atomic E-state index is -0.567. The molecular weight excluding hydrogens is 300 g/mol. The van der Waals surface area contributed by atoms with E-state index in [4.69, 9.17) is 0 Å². The summed E-state index contributed by atoms with van der Waals surface area (Å²) in [5, 5.41) is 3.18. The Morgan fingerprint density at radius 1 is 1.17 bits per heavy atom. The zero-order chi connectivity index (χ0) is 13.3. The minimum absolute atomic E-state index is 0.282. The van der Waals surface area contributed by atoms with Crippen LogP contribution in [0.15, 0.2) is 16.6 Å². The first kappa shape index (κ1) is 13.8.